The van der Waals surface area contributed by atoms with Crippen molar-refractivity contribution >= 4 is 29.4 Å². The first-order valence-corrected chi connectivity index (χ1v) is 9.93. The van der Waals surface area contributed by atoms with E-state index >= 15 is 0 Å². The number of carbonyl (C=O) groups excluding carboxylic acids is 4. The van der Waals surface area contributed by atoms with E-state index in [2.05, 4.69) is 5.32 Å². The van der Waals surface area contributed by atoms with Gasteiger partial charge >= 0.3 is 5.97 Å². The SMILES string of the molecule is CCc1ccc(NC(=O)COC(=O)c2ccc3c(c2)C(=O)N([C@@H](C)CC)C3=O)cc1. The maximum atomic E-state index is 12.6. The summed E-state index contributed by atoms with van der Waals surface area (Å²) >= 11 is 0. The van der Waals surface area contributed by atoms with E-state index in [0.29, 0.717) is 12.1 Å². The van der Waals surface area contributed by atoms with Crippen molar-refractivity contribution in [2.75, 3.05) is 11.9 Å². The van der Waals surface area contributed by atoms with Crippen LogP contribution in [0.2, 0.25) is 0 Å². The minimum Gasteiger partial charge on any atom is -0.452 e. The van der Waals surface area contributed by atoms with E-state index in [-0.39, 0.29) is 28.6 Å². The molecule has 1 N–H and O–H groups in total. The number of fused-ring (bicyclic) bond motifs is 1. The molecule has 2 aromatic carbocycles. The number of esters is 1. The first-order chi connectivity index (χ1) is 14.3. The largest absolute Gasteiger partial charge is 0.452 e. The summed E-state index contributed by atoms with van der Waals surface area (Å²) in [7, 11) is 0. The number of aryl methyl sites for hydroxylation is 1. The van der Waals surface area contributed by atoms with Crippen molar-refractivity contribution in [2.45, 2.75) is 39.7 Å². The van der Waals surface area contributed by atoms with Gasteiger partial charge in [0.15, 0.2) is 6.61 Å². The highest BCUT2D eigenvalue weighted by Gasteiger charge is 2.38. The minimum atomic E-state index is -0.739. The summed E-state index contributed by atoms with van der Waals surface area (Å²) in [5.74, 6) is -2.00. The third kappa shape index (κ3) is 4.25. The van der Waals surface area contributed by atoms with Crippen LogP contribution in [0.1, 0.15) is 63.8 Å². The summed E-state index contributed by atoms with van der Waals surface area (Å²) in [6.07, 6.45) is 1.53. The molecule has 7 nitrogen and oxygen atoms in total. The fourth-order valence-electron chi connectivity index (χ4n) is 3.20. The standard InChI is InChI=1S/C23H24N2O5/c1-4-14(3)25-21(27)18-11-8-16(12-19(18)22(25)28)23(29)30-13-20(26)24-17-9-6-15(5-2)7-10-17/h6-12,14H,4-5,13H2,1-3H3,(H,24,26)/t14-/m0/s1. The lowest BCUT2D eigenvalue weighted by molar-refractivity contribution is -0.119. The number of hydrogen-bond donors (Lipinski definition) is 1. The Bertz CT molecular complexity index is 997. The van der Waals surface area contributed by atoms with Gasteiger partial charge in [-0.2, -0.15) is 0 Å². The van der Waals surface area contributed by atoms with Crippen LogP contribution in [0.4, 0.5) is 5.69 Å². The van der Waals surface area contributed by atoms with Gasteiger partial charge in [0.05, 0.1) is 16.7 Å². The van der Waals surface area contributed by atoms with Gasteiger partial charge < -0.3 is 10.1 Å². The van der Waals surface area contributed by atoms with Crippen molar-refractivity contribution < 1.29 is 23.9 Å². The highest BCUT2D eigenvalue weighted by atomic mass is 16.5. The molecule has 30 heavy (non-hydrogen) atoms. The Kier molecular flexibility index (Phi) is 6.30. The number of amides is 3. The second-order valence-corrected chi connectivity index (χ2v) is 7.17. The lowest BCUT2D eigenvalue weighted by atomic mass is 10.1. The lowest BCUT2D eigenvalue weighted by Gasteiger charge is -2.20. The molecule has 1 heterocycles. The number of hydrogen-bond acceptors (Lipinski definition) is 5. The van der Waals surface area contributed by atoms with Gasteiger partial charge in [-0.25, -0.2) is 4.79 Å². The summed E-state index contributed by atoms with van der Waals surface area (Å²) < 4.78 is 5.06. The van der Waals surface area contributed by atoms with Crippen LogP contribution in [0.15, 0.2) is 42.5 Å². The molecule has 2 aromatic rings. The summed E-state index contributed by atoms with van der Waals surface area (Å²) in [5.41, 5.74) is 2.32. The van der Waals surface area contributed by atoms with Gasteiger partial charge in [0.2, 0.25) is 0 Å². The van der Waals surface area contributed by atoms with E-state index in [0.717, 1.165) is 12.0 Å². The van der Waals surface area contributed by atoms with Crippen molar-refractivity contribution in [1.29, 1.82) is 0 Å². The van der Waals surface area contributed by atoms with Gasteiger partial charge in [0.1, 0.15) is 0 Å². The van der Waals surface area contributed by atoms with Crippen molar-refractivity contribution in [2.24, 2.45) is 0 Å². The molecular weight excluding hydrogens is 384 g/mol. The van der Waals surface area contributed by atoms with Crippen LogP contribution >= 0.6 is 0 Å². The molecule has 0 saturated heterocycles. The Labute approximate surface area is 175 Å². The molecule has 1 atom stereocenters. The van der Waals surface area contributed by atoms with E-state index in [9.17, 15) is 19.2 Å². The Morgan fingerprint density at radius 3 is 2.30 bits per heavy atom. The van der Waals surface area contributed by atoms with Crippen molar-refractivity contribution in [3.8, 4) is 0 Å². The van der Waals surface area contributed by atoms with E-state index in [1.165, 1.54) is 23.1 Å². The summed E-state index contributed by atoms with van der Waals surface area (Å²) in [6, 6.07) is 11.4. The summed E-state index contributed by atoms with van der Waals surface area (Å²) in [6.45, 7) is 5.26. The first kappa shape index (κ1) is 21.2. The predicted octanol–water partition coefficient (Wildman–Crippen LogP) is 3.44. The smallest absolute Gasteiger partial charge is 0.338 e. The third-order valence-electron chi connectivity index (χ3n) is 5.17. The average molecular weight is 408 g/mol. The predicted molar refractivity (Wildman–Crippen MR) is 111 cm³/mol. The summed E-state index contributed by atoms with van der Waals surface area (Å²) in [4.78, 5) is 50.6. The number of nitrogens with zero attached hydrogens (tertiary/aromatic N) is 1. The molecule has 1 aliphatic heterocycles. The molecule has 0 bridgehead atoms. The average Bonchev–Trinajstić information content (AvgIpc) is 3.01. The minimum absolute atomic E-state index is 0.112. The zero-order valence-corrected chi connectivity index (χ0v) is 17.2. The Hall–Kier alpha value is -3.48. The van der Waals surface area contributed by atoms with Gasteiger partial charge in [-0.15, -0.1) is 0 Å². The third-order valence-corrected chi connectivity index (χ3v) is 5.17. The molecule has 0 fully saturated rings. The Balaban J connectivity index is 1.63. The molecule has 1 aliphatic rings. The van der Waals surface area contributed by atoms with Gasteiger partial charge in [0, 0.05) is 11.7 Å². The number of imide groups is 1. The molecule has 3 rings (SSSR count). The highest BCUT2D eigenvalue weighted by Crippen LogP contribution is 2.26. The molecule has 0 spiro atoms. The molecule has 0 saturated carbocycles. The van der Waals surface area contributed by atoms with Gasteiger partial charge in [-0.05, 0) is 55.7 Å². The van der Waals surface area contributed by atoms with Gasteiger partial charge in [0.25, 0.3) is 17.7 Å². The van der Waals surface area contributed by atoms with Crippen LogP contribution in [-0.4, -0.2) is 41.2 Å². The van der Waals surface area contributed by atoms with E-state index in [1.54, 1.807) is 19.1 Å². The van der Waals surface area contributed by atoms with E-state index in [4.69, 9.17) is 4.74 Å². The van der Waals surface area contributed by atoms with Crippen LogP contribution in [0, 0.1) is 0 Å². The maximum absolute atomic E-state index is 12.6. The molecule has 3 amide bonds. The number of anilines is 1. The number of carbonyl (C=O) groups is 4. The van der Waals surface area contributed by atoms with Crippen LogP contribution in [0.25, 0.3) is 0 Å². The van der Waals surface area contributed by atoms with E-state index < -0.39 is 24.4 Å². The fourth-order valence-corrected chi connectivity index (χ4v) is 3.20. The second kappa shape index (κ2) is 8.90. The van der Waals surface area contributed by atoms with E-state index in [1.807, 2.05) is 26.0 Å². The number of ether oxygens (including phenoxy) is 1. The monoisotopic (exact) mass is 408 g/mol. The zero-order valence-electron chi connectivity index (χ0n) is 17.2. The van der Waals surface area contributed by atoms with Crippen LogP contribution < -0.4 is 5.32 Å². The summed E-state index contributed by atoms with van der Waals surface area (Å²) in [5, 5.41) is 2.66. The maximum Gasteiger partial charge on any atom is 0.338 e. The van der Waals surface area contributed by atoms with Gasteiger partial charge in [-0.1, -0.05) is 26.0 Å². The quantitative estimate of drug-likeness (QED) is 0.560. The van der Waals surface area contributed by atoms with Crippen molar-refractivity contribution in [1.82, 2.24) is 4.90 Å². The molecular formula is C23H24N2O5. The number of rotatable bonds is 7. The topological polar surface area (TPSA) is 92.8 Å². The Morgan fingerprint density at radius 2 is 1.67 bits per heavy atom. The molecule has 0 radical (unpaired) electrons. The number of nitrogens with one attached hydrogen (secondary N) is 1. The fraction of sp³-hybridized carbons (Fsp3) is 0.304. The zero-order chi connectivity index (χ0) is 21.8. The lowest BCUT2D eigenvalue weighted by Crippen LogP contribution is -2.37. The van der Waals surface area contributed by atoms with Crippen LogP contribution in [-0.2, 0) is 16.0 Å². The molecule has 0 unspecified atom stereocenters. The first-order valence-electron chi connectivity index (χ1n) is 9.93. The van der Waals surface area contributed by atoms with Crippen molar-refractivity contribution in [3.05, 3.63) is 64.7 Å². The molecule has 0 aromatic heterocycles. The second-order valence-electron chi connectivity index (χ2n) is 7.17. The molecule has 7 heteroatoms. The van der Waals surface area contributed by atoms with Gasteiger partial charge in [-0.3, -0.25) is 19.3 Å². The Morgan fingerprint density at radius 1 is 1.00 bits per heavy atom. The molecule has 0 aliphatic carbocycles. The van der Waals surface area contributed by atoms with Crippen LogP contribution in [0.3, 0.4) is 0 Å². The molecule has 156 valence electrons. The normalized spacial score (nSPS) is 13.8. The van der Waals surface area contributed by atoms with Crippen LogP contribution in [0.5, 0.6) is 0 Å². The van der Waals surface area contributed by atoms with Crippen molar-refractivity contribution in [3.63, 3.8) is 0 Å². The number of benzene rings is 2. The highest BCUT2D eigenvalue weighted by molar-refractivity contribution is 6.22.